The second-order valence-corrected chi connectivity index (χ2v) is 7.64. The Balaban J connectivity index is 0.000000334. The van der Waals surface area contributed by atoms with E-state index in [-0.39, 0.29) is 24.8 Å². The van der Waals surface area contributed by atoms with Gasteiger partial charge in [-0.25, -0.2) is 8.78 Å². The number of hydrogen-bond donors (Lipinski definition) is 1. The molecule has 1 saturated carbocycles. The molecule has 2 fully saturated rings. The van der Waals surface area contributed by atoms with Crippen molar-refractivity contribution in [3.05, 3.63) is 53.8 Å². The Bertz CT molecular complexity index is 1130. The lowest BCUT2D eigenvalue weighted by Gasteiger charge is -2.16. The summed E-state index contributed by atoms with van der Waals surface area (Å²) >= 11 is 0. The standard InChI is InChI=1S/C17H14F2N5O.C4H6O2/c18-17(19)8-9-23(10-17)15(25)12-6-4-11(5-7-12)13-2-1-3-14-21-16(20)22-24(13)14;5-4(6)3-1-2-3/h1-7H,8-10H2,(H-,20,22);3H,1-2H2,(H,5,6)/q-1;. The predicted molar refractivity (Wildman–Crippen MR) is 108 cm³/mol. The van der Waals surface area contributed by atoms with Crippen LogP contribution in [0.25, 0.3) is 22.6 Å². The molecular formula is C21H20F2N5O3-. The first-order valence-electron chi connectivity index (χ1n) is 9.81. The minimum atomic E-state index is -2.80. The van der Waals surface area contributed by atoms with Crippen LogP contribution in [0.1, 0.15) is 29.6 Å². The van der Waals surface area contributed by atoms with E-state index < -0.39 is 24.3 Å². The SMILES string of the molecule is O=C(O)C1CC1.[NH-]c1nc2cccc(-c3ccc(C(=O)N4CCC(F)(F)C4)cc3)n2n1. The smallest absolute Gasteiger partial charge is 0.306 e. The van der Waals surface area contributed by atoms with Crippen molar-refractivity contribution in [1.29, 1.82) is 0 Å². The minimum absolute atomic E-state index is 0.0185. The van der Waals surface area contributed by atoms with Crippen molar-refractivity contribution in [2.75, 3.05) is 13.1 Å². The van der Waals surface area contributed by atoms with Crippen LogP contribution >= 0.6 is 0 Å². The lowest BCUT2D eigenvalue weighted by atomic mass is 10.1. The number of benzene rings is 1. The quantitative estimate of drug-likeness (QED) is 0.677. The Morgan fingerprint density at radius 1 is 1.13 bits per heavy atom. The maximum Gasteiger partial charge on any atom is 0.306 e. The second kappa shape index (κ2) is 7.93. The van der Waals surface area contributed by atoms with Crippen molar-refractivity contribution in [3.8, 4) is 11.3 Å². The van der Waals surface area contributed by atoms with Gasteiger partial charge in [-0.2, -0.15) is 0 Å². The highest BCUT2D eigenvalue weighted by Gasteiger charge is 2.40. The van der Waals surface area contributed by atoms with Crippen molar-refractivity contribution in [2.45, 2.75) is 25.2 Å². The molecule has 1 aromatic carbocycles. The number of halogens is 2. The Hall–Kier alpha value is -3.56. The number of hydrogen-bond acceptors (Lipinski definition) is 4. The maximum absolute atomic E-state index is 13.3. The monoisotopic (exact) mass is 428 g/mol. The summed E-state index contributed by atoms with van der Waals surface area (Å²) in [5.74, 6) is -3.88. The minimum Gasteiger partial charge on any atom is -0.481 e. The van der Waals surface area contributed by atoms with Gasteiger partial charge in [0.15, 0.2) is 0 Å². The number of aliphatic carboxylic acids is 1. The summed E-state index contributed by atoms with van der Waals surface area (Å²) in [6.07, 6.45) is 1.51. The molecule has 2 aromatic heterocycles. The number of carbonyl (C=O) groups excluding carboxylic acids is 1. The van der Waals surface area contributed by atoms with E-state index in [0.29, 0.717) is 11.2 Å². The molecule has 2 N–H and O–H groups in total. The number of carbonyl (C=O) groups is 2. The van der Waals surface area contributed by atoms with Gasteiger partial charge in [0.1, 0.15) is 0 Å². The summed E-state index contributed by atoms with van der Waals surface area (Å²) < 4.78 is 28.1. The van der Waals surface area contributed by atoms with Gasteiger partial charge < -0.3 is 20.7 Å². The van der Waals surface area contributed by atoms with Crippen molar-refractivity contribution < 1.29 is 23.5 Å². The zero-order valence-electron chi connectivity index (χ0n) is 16.5. The van der Waals surface area contributed by atoms with Crippen molar-refractivity contribution in [1.82, 2.24) is 19.5 Å². The summed E-state index contributed by atoms with van der Waals surface area (Å²) in [7, 11) is 0. The normalized spacial score (nSPS) is 17.3. The van der Waals surface area contributed by atoms with E-state index in [1.54, 1.807) is 34.8 Å². The van der Waals surface area contributed by atoms with E-state index in [9.17, 15) is 18.4 Å². The molecule has 0 spiro atoms. The zero-order chi connectivity index (χ0) is 22.2. The third kappa shape index (κ3) is 4.62. The molecule has 5 rings (SSSR count). The van der Waals surface area contributed by atoms with Crippen LogP contribution in [0, 0.1) is 5.92 Å². The lowest BCUT2D eigenvalue weighted by molar-refractivity contribution is -0.138. The van der Waals surface area contributed by atoms with Crippen LogP contribution in [0.3, 0.4) is 0 Å². The van der Waals surface area contributed by atoms with Gasteiger partial charge in [0, 0.05) is 24.5 Å². The molecule has 8 nitrogen and oxygen atoms in total. The average Bonchev–Trinajstić information content (AvgIpc) is 3.43. The summed E-state index contributed by atoms with van der Waals surface area (Å²) in [6, 6.07) is 12.1. The highest BCUT2D eigenvalue weighted by Crippen LogP contribution is 2.29. The summed E-state index contributed by atoms with van der Waals surface area (Å²) in [5.41, 5.74) is 9.99. The summed E-state index contributed by atoms with van der Waals surface area (Å²) in [5, 5.41) is 12.1. The van der Waals surface area contributed by atoms with Crippen LogP contribution in [0.5, 0.6) is 0 Å². The molecule has 1 saturated heterocycles. The molecule has 3 aromatic rings. The third-order valence-electron chi connectivity index (χ3n) is 5.17. The van der Waals surface area contributed by atoms with Crippen molar-refractivity contribution in [3.63, 3.8) is 0 Å². The van der Waals surface area contributed by atoms with E-state index in [1.165, 1.54) is 4.90 Å². The summed E-state index contributed by atoms with van der Waals surface area (Å²) in [6.45, 7) is -0.462. The highest BCUT2D eigenvalue weighted by molar-refractivity contribution is 5.95. The number of aromatic nitrogens is 3. The van der Waals surface area contributed by atoms with E-state index >= 15 is 0 Å². The number of carboxylic acid groups (broad SMARTS) is 1. The molecule has 2 aliphatic rings. The zero-order valence-corrected chi connectivity index (χ0v) is 16.5. The Kier molecular flexibility index (Phi) is 5.30. The van der Waals surface area contributed by atoms with Crippen molar-refractivity contribution in [2.24, 2.45) is 5.92 Å². The van der Waals surface area contributed by atoms with E-state index in [2.05, 4.69) is 10.1 Å². The average molecular weight is 428 g/mol. The number of amides is 1. The lowest BCUT2D eigenvalue weighted by Crippen LogP contribution is -2.31. The van der Waals surface area contributed by atoms with Gasteiger partial charge in [-0.3, -0.25) is 19.2 Å². The number of alkyl halides is 2. The van der Waals surface area contributed by atoms with Gasteiger partial charge in [-0.15, -0.1) is 0 Å². The third-order valence-corrected chi connectivity index (χ3v) is 5.17. The number of carboxylic acids is 1. The fourth-order valence-corrected chi connectivity index (χ4v) is 3.33. The maximum atomic E-state index is 13.3. The van der Waals surface area contributed by atoms with Crippen LogP contribution in [0.2, 0.25) is 0 Å². The number of pyridine rings is 1. The molecule has 0 bridgehead atoms. The highest BCUT2D eigenvalue weighted by atomic mass is 19.3. The first-order valence-corrected chi connectivity index (χ1v) is 9.81. The first-order chi connectivity index (χ1) is 14.7. The van der Waals surface area contributed by atoms with Gasteiger partial charge in [-0.05, 0) is 42.7 Å². The molecule has 31 heavy (non-hydrogen) atoms. The predicted octanol–water partition coefficient (Wildman–Crippen LogP) is 4.04. The topological polar surface area (TPSA) is 112 Å². The molecular weight excluding hydrogens is 408 g/mol. The molecule has 0 radical (unpaired) electrons. The van der Waals surface area contributed by atoms with E-state index in [4.69, 9.17) is 10.8 Å². The van der Waals surface area contributed by atoms with Gasteiger partial charge in [0.25, 0.3) is 11.8 Å². The Labute approximate surface area is 176 Å². The molecule has 1 aliphatic carbocycles. The van der Waals surface area contributed by atoms with Crippen LogP contribution in [-0.2, 0) is 4.79 Å². The van der Waals surface area contributed by atoms with Gasteiger partial charge in [0.2, 0.25) is 0 Å². The molecule has 1 amide bonds. The van der Waals surface area contributed by atoms with E-state index in [1.807, 2.05) is 12.1 Å². The molecule has 0 atom stereocenters. The van der Waals surface area contributed by atoms with Gasteiger partial charge >= 0.3 is 5.97 Å². The van der Waals surface area contributed by atoms with Crippen LogP contribution in [0.15, 0.2) is 42.5 Å². The molecule has 0 unspecified atom stereocenters. The van der Waals surface area contributed by atoms with Crippen molar-refractivity contribution >= 4 is 23.5 Å². The molecule has 10 heteroatoms. The van der Waals surface area contributed by atoms with Crippen LogP contribution in [-0.4, -0.2) is 55.5 Å². The first kappa shape index (κ1) is 20.7. The largest absolute Gasteiger partial charge is 0.481 e. The fourth-order valence-electron chi connectivity index (χ4n) is 3.33. The molecule has 162 valence electrons. The summed E-state index contributed by atoms with van der Waals surface area (Å²) in [4.78, 5) is 27.3. The number of nitrogens with zero attached hydrogens (tertiary/aromatic N) is 4. The number of nitrogens with one attached hydrogen (secondary N) is 1. The van der Waals surface area contributed by atoms with Gasteiger partial charge in [-0.1, -0.05) is 18.2 Å². The fraction of sp³-hybridized carbons (Fsp3) is 0.333. The van der Waals surface area contributed by atoms with E-state index in [0.717, 1.165) is 24.1 Å². The Morgan fingerprint density at radius 3 is 2.39 bits per heavy atom. The number of fused-ring (bicyclic) bond motifs is 1. The van der Waals surface area contributed by atoms with Gasteiger partial charge in [0.05, 0.1) is 23.8 Å². The number of rotatable bonds is 3. The molecule has 3 heterocycles. The molecule has 1 aliphatic heterocycles. The van der Waals surface area contributed by atoms with Crippen LogP contribution < -0.4 is 0 Å². The second-order valence-electron chi connectivity index (χ2n) is 7.64. The van der Waals surface area contributed by atoms with Crippen LogP contribution in [0.4, 0.5) is 14.7 Å². The number of likely N-dealkylation sites (tertiary alicyclic amines) is 1. The Morgan fingerprint density at radius 2 is 1.84 bits per heavy atom.